The molecule has 0 heterocycles. The van der Waals surface area contributed by atoms with E-state index in [0.29, 0.717) is 5.56 Å². The molecule has 0 bridgehead atoms. The van der Waals surface area contributed by atoms with Crippen molar-refractivity contribution in [1.82, 2.24) is 0 Å². The van der Waals surface area contributed by atoms with Crippen LogP contribution in [0.1, 0.15) is 32.7 Å². The second-order valence-electron chi connectivity index (χ2n) is 3.14. The number of rotatable bonds is 0. The Labute approximate surface area is 74.4 Å². The summed E-state index contributed by atoms with van der Waals surface area (Å²) in [5, 5.41) is 0. The van der Waals surface area contributed by atoms with E-state index >= 15 is 0 Å². The Kier molecular flexibility index (Phi) is 1.55. The van der Waals surface area contributed by atoms with Gasteiger partial charge in [0.2, 0.25) is 0 Å². The molecule has 1 aromatic rings. The van der Waals surface area contributed by atoms with Gasteiger partial charge in [-0.2, -0.15) is 0 Å². The minimum atomic E-state index is -0.587. The Bertz CT molecular complexity index is 382. The molecule has 0 amide bonds. The molecular formula is C10H7FO2. The lowest BCUT2D eigenvalue weighted by Crippen LogP contribution is -1.98. The van der Waals surface area contributed by atoms with Crippen LogP contribution in [-0.4, -0.2) is 11.6 Å². The van der Waals surface area contributed by atoms with Crippen molar-refractivity contribution >= 4 is 11.6 Å². The quantitative estimate of drug-likeness (QED) is 0.568. The summed E-state index contributed by atoms with van der Waals surface area (Å²) in [6, 6.07) is 2.75. The molecule has 3 heteroatoms. The van der Waals surface area contributed by atoms with Gasteiger partial charge in [-0.25, -0.2) is 4.39 Å². The minimum Gasteiger partial charge on any atom is -0.294 e. The van der Waals surface area contributed by atoms with Crippen molar-refractivity contribution in [2.75, 3.05) is 0 Å². The zero-order valence-corrected chi connectivity index (χ0v) is 7.06. The standard InChI is InChI=1S/C10H7FO2/c1-5-2-3-6(11)10-8(13)4-7(12)9(5)10/h2-3H,4H2,1H3. The lowest BCUT2D eigenvalue weighted by Gasteiger charge is -2.01. The number of ketones is 2. The lowest BCUT2D eigenvalue weighted by molar-refractivity contribution is 0.0922. The van der Waals surface area contributed by atoms with Gasteiger partial charge in [0, 0.05) is 5.56 Å². The van der Waals surface area contributed by atoms with Crippen molar-refractivity contribution in [3.8, 4) is 0 Å². The zero-order chi connectivity index (χ0) is 9.59. The maximum Gasteiger partial charge on any atom is 0.174 e. The molecule has 0 aliphatic heterocycles. The fraction of sp³-hybridized carbons (Fsp3) is 0.200. The molecule has 0 spiro atoms. The van der Waals surface area contributed by atoms with E-state index in [9.17, 15) is 14.0 Å². The molecule has 0 saturated carbocycles. The van der Waals surface area contributed by atoms with Crippen LogP contribution in [0.3, 0.4) is 0 Å². The lowest BCUT2D eigenvalue weighted by atomic mass is 10.0. The Morgan fingerprint density at radius 1 is 1.15 bits per heavy atom. The molecule has 1 aromatic carbocycles. The highest BCUT2D eigenvalue weighted by atomic mass is 19.1. The maximum atomic E-state index is 13.1. The first-order chi connectivity index (χ1) is 6.11. The second kappa shape index (κ2) is 2.49. The van der Waals surface area contributed by atoms with E-state index in [-0.39, 0.29) is 23.3 Å². The van der Waals surface area contributed by atoms with Crippen LogP contribution < -0.4 is 0 Å². The summed E-state index contributed by atoms with van der Waals surface area (Å²) in [6.07, 6.45) is -0.183. The molecule has 13 heavy (non-hydrogen) atoms. The third-order valence-corrected chi connectivity index (χ3v) is 2.24. The summed E-state index contributed by atoms with van der Waals surface area (Å²) in [5.41, 5.74) is 0.919. The average molecular weight is 178 g/mol. The van der Waals surface area contributed by atoms with Gasteiger partial charge in [0.15, 0.2) is 11.6 Å². The van der Waals surface area contributed by atoms with Gasteiger partial charge < -0.3 is 0 Å². The number of benzene rings is 1. The van der Waals surface area contributed by atoms with Gasteiger partial charge in [-0.05, 0) is 18.6 Å². The van der Waals surface area contributed by atoms with Crippen LogP contribution in [0.2, 0.25) is 0 Å². The summed E-state index contributed by atoms with van der Waals surface area (Å²) in [6.45, 7) is 1.70. The van der Waals surface area contributed by atoms with E-state index < -0.39 is 11.6 Å². The molecule has 1 aliphatic rings. The summed E-state index contributed by atoms with van der Waals surface area (Å²) >= 11 is 0. The molecule has 0 radical (unpaired) electrons. The predicted octanol–water partition coefficient (Wildman–Crippen LogP) is 1.90. The molecule has 0 saturated heterocycles. The van der Waals surface area contributed by atoms with E-state index in [2.05, 4.69) is 0 Å². The van der Waals surface area contributed by atoms with Gasteiger partial charge in [0.1, 0.15) is 5.82 Å². The Morgan fingerprint density at radius 2 is 1.77 bits per heavy atom. The molecule has 0 fully saturated rings. The normalized spacial score (nSPS) is 14.9. The number of carbonyl (C=O) groups excluding carboxylic acids is 2. The van der Waals surface area contributed by atoms with Crippen molar-refractivity contribution in [1.29, 1.82) is 0 Å². The molecule has 0 unspecified atom stereocenters. The van der Waals surface area contributed by atoms with Crippen LogP contribution in [0.25, 0.3) is 0 Å². The molecule has 66 valence electrons. The monoisotopic (exact) mass is 178 g/mol. The van der Waals surface area contributed by atoms with Crippen LogP contribution in [0.4, 0.5) is 4.39 Å². The van der Waals surface area contributed by atoms with Crippen molar-refractivity contribution in [2.24, 2.45) is 0 Å². The zero-order valence-electron chi connectivity index (χ0n) is 7.06. The van der Waals surface area contributed by atoms with Gasteiger partial charge in [-0.15, -0.1) is 0 Å². The molecule has 0 atom stereocenters. The summed E-state index contributed by atoms with van der Waals surface area (Å²) in [7, 11) is 0. The van der Waals surface area contributed by atoms with Crippen LogP contribution in [0.5, 0.6) is 0 Å². The van der Waals surface area contributed by atoms with Crippen molar-refractivity contribution in [3.63, 3.8) is 0 Å². The molecule has 0 aromatic heterocycles. The highest BCUT2D eigenvalue weighted by Crippen LogP contribution is 2.27. The number of aryl methyl sites for hydroxylation is 1. The fourth-order valence-electron chi connectivity index (χ4n) is 1.64. The highest BCUT2D eigenvalue weighted by Gasteiger charge is 2.31. The number of halogens is 1. The Hall–Kier alpha value is -1.51. The SMILES string of the molecule is Cc1ccc(F)c2c1C(=O)CC2=O. The van der Waals surface area contributed by atoms with Gasteiger partial charge in [-0.3, -0.25) is 9.59 Å². The van der Waals surface area contributed by atoms with E-state index in [4.69, 9.17) is 0 Å². The van der Waals surface area contributed by atoms with Crippen LogP contribution in [0, 0.1) is 12.7 Å². The number of hydrogen-bond acceptors (Lipinski definition) is 2. The van der Waals surface area contributed by atoms with Gasteiger partial charge in [0.05, 0.1) is 12.0 Å². The van der Waals surface area contributed by atoms with Crippen LogP contribution >= 0.6 is 0 Å². The largest absolute Gasteiger partial charge is 0.294 e. The van der Waals surface area contributed by atoms with Gasteiger partial charge >= 0.3 is 0 Å². The second-order valence-corrected chi connectivity index (χ2v) is 3.14. The third kappa shape index (κ3) is 1.00. The molecule has 0 N–H and O–H groups in total. The molecular weight excluding hydrogens is 171 g/mol. The smallest absolute Gasteiger partial charge is 0.174 e. The highest BCUT2D eigenvalue weighted by molar-refractivity contribution is 6.24. The van der Waals surface area contributed by atoms with E-state index in [1.807, 2.05) is 0 Å². The van der Waals surface area contributed by atoms with Crippen molar-refractivity contribution < 1.29 is 14.0 Å². The number of fused-ring (bicyclic) bond motifs is 1. The average Bonchev–Trinajstić information content (AvgIpc) is 2.36. The minimum absolute atomic E-state index is 0.0231. The predicted molar refractivity (Wildman–Crippen MR) is 44.4 cm³/mol. The first-order valence-corrected chi connectivity index (χ1v) is 3.97. The first-order valence-electron chi connectivity index (χ1n) is 3.97. The Balaban J connectivity index is 2.81. The summed E-state index contributed by atoms with van der Waals surface area (Å²) in [4.78, 5) is 22.4. The summed E-state index contributed by atoms with van der Waals surface area (Å²) < 4.78 is 13.1. The molecule has 2 nitrogen and oxygen atoms in total. The van der Waals surface area contributed by atoms with E-state index in [1.54, 1.807) is 6.92 Å². The van der Waals surface area contributed by atoms with Crippen LogP contribution in [0.15, 0.2) is 12.1 Å². The first kappa shape index (κ1) is 8.10. The number of Topliss-reactive ketones (excluding diaryl/α,β-unsaturated/α-hetero) is 2. The maximum absolute atomic E-state index is 13.1. The fourth-order valence-corrected chi connectivity index (χ4v) is 1.64. The molecule has 2 rings (SSSR count). The number of hydrogen-bond donors (Lipinski definition) is 0. The van der Waals surface area contributed by atoms with E-state index in [0.717, 1.165) is 0 Å². The van der Waals surface area contributed by atoms with Crippen LogP contribution in [-0.2, 0) is 0 Å². The summed E-state index contributed by atoms with van der Waals surface area (Å²) in [5.74, 6) is -1.25. The van der Waals surface area contributed by atoms with Gasteiger partial charge in [0.25, 0.3) is 0 Å². The van der Waals surface area contributed by atoms with Crippen molar-refractivity contribution in [2.45, 2.75) is 13.3 Å². The van der Waals surface area contributed by atoms with E-state index in [1.165, 1.54) is 12.1 Å². The van der Waals surface area contributed by atoms with Crippen molar-refractivity contribution in [3.05, 3.63) is 34.6 Å². The number of carbonyl (C=O) groups is 2. The topological polar surface area (TPSA) is 34.1 Å². The third-order valence-electron chi connectivity index (χ3n) is 2.24. The Morgan fingerprint density at radius 3 is 2.38 bits per heavy atom. The molecule has 1 aliphatic carbocycles. The van der Waals surface area contributed by atoms with Gasteiger partial charge in [-0.1, -0.05) is 6.07 Å².